The van der Waals surface area contributed by atoms with Gasteiger partial charge in [0, 0.05) is 31.7 Å². The van der Waals surface area contributed by atoms with Crippen LogP contribution in [-0.2, 0) is 0 Å². The topological polar surface area (TPSA) is 71.7 Å². The molecule has 1 saturated heterocycles. The second kappa shape index (κ2) is 7.19. The van der Waals surface area contributed by atoms with Crippen LogP contribution >= 0.6 is 11.5 Å². The molecule has 1 aromatic carbocycles. The number of anilines is 1. The Morgan fingerprint density at radius 3 is 2.50 bits per heavy atom. The van der Waals surface area contributed by atoms with Crippen molar-refractivity contribution in [2.45, 2.75) is 6.92 Å². The first-order valence-electron chi connectivity index (χ1n) is 8.05. The third-order valence-electron chi connectivity index (χ3n) is 4.39. The molecule has 1 aliphatic heterocycles. The van der Waals surface area contributed by atoms with Crippen molar-refractivity contribution in [3.63, 3.8) is 0 Å². The lowest BCUT2D eigenvalue weighted by molar-refractivity contribution is 0.0649. The fourth-order valence-corrected chi connectivity index (χ4v) is 3.61. The van der Waals surface area contributed by atoms with E-state index in [0.29, 0.717) is 16.3 Å². The number of aromatic nitrogens is 1. The summed E-state index contributed by atoms with van der Waals surface area (Å²) in [6.45, 7) is 6.45. The highest BCUT2D eigenvalue weighted by Gasteiger charge is 2.26. The van der Waals surface area contributed by atoms with Crippen LogP contribution in [0.2, 0.25) is 0 Å². The summed E-state index contributed by atoms with van der Waals surface area (Å²) in [4.78, 5) is 17.5. The molecule has 128 valence electrons. The van der Waals surface area contributed by atoms with E-state index in [1.165, 1.54) is 11.5 Å². The number of nitrogens with zero attached hydrogens (tertiary/aromatic N) is 3. The van der Waals surface area contributed by atoms with Gasteiger partial charge in [0.2, 0.25) is 0 Å². The molecule has 7 heteroatoms. The molecule has 2 aromatic rings. The van der Waals surface area contributed by atoms with Crippen LogP contribution < -0.4 is 10.5 Å². The van der Waals surface area contributed by atoms with Gasteiger partial charge in [-0.25, -0.2) is 0 Å². The molecule has 0 aliphatic carbocycles. The molecule has 1 fully saturated rings. The van der Waals surface area contributed by atoms with Crippen molar-refractivity contribution in [3.8, 4) is 17.0 Å². The molecule has 2 N–H and O–H groups in total. The van der Waals surface area contributed by atoms with Crippen LogP contribution in [0.25, 0.3) is 11.3 Å². The quantitative estimate of drug-likeness (QED) is 0.919. The van der Waals surface area contributed by atoms with E-state index in [2.05, 4.69) is 16.2 Å². The third kappa shape index (κ3) is 3.22. The highest BCUT2D eigenvalue weighted by Crippen LogP contribution is 2.32. The normalized spacial score (nSPS) is 15.5. The Balaban J connectivity index is 1.78. The molecule has 1 aromatic heterocycles. The number of hydrogen-bond donors (Lipinski definition) is 1. The zero-order valence-electron chi connectivity index (χ0n) is 14.0. The molecule has 24 heavy (non-hydrogen) atoms. The van der Waals surface area contributed by atoms with Crippen molar-refractivity contribution >= 4 is 23.1 Å². The number of carbonyl (C=O) groups excluding carboxylic acids is 1. The van der Waals surface area contributed by atoms with Gasteiger partial charge in [0.25, 0.3) is 5.91 Å². The molecule has 0 spiro atoms. The van der Waals surface area contributed by atoms with E-state index >= 15 is 0 Å². The van der Waals surface area contributed by atoms with E-state index < -0.39 is 0 Å². The number of rotatable bonds is 4. The number of methoxy groups -OCH3 is 1. The number of nitrogens with two attached hydrogens (primary N) is 1. The number of hydrogen-bond acceptors (Lipinski definition) is 6. The lowest BCUT2D eigenvalue weighted by Gasteiger charge is -2.33. The van der Waals surface area contributed by atoms with E-state index in [-0.39, 0.29) is 5.91 Å². The number of likely N-dealkylation sites (N-methyl/N-ethyl adjacent to an activating group) is 1. The first-order valence-corrected chi connectivity index (χ1v) is 8.82. The van der Waals surface area contributed by atoms with Gasteiger partial charge < -0.3 is 20.3 Å². The van der Waals surface area contributed by atoms with Crippen LogP contribution in [-0.4, -0.2) is 59.9 Å². The number of benzene rings is 1. The second-order valence-electron chi connectivity index (χ2n) is 5.73. The first-order chi connectivity index (χ1) is 11.6. The summed E-state index contributed by atoms with van der Waals surface area (Å²) in [5.41, 5.74) is 8.24. The van der Waals surface area contributed by atoms with Crippen LogP contribution in [0.4, 0.5) is 5.69 Å². The van der Waals surface area contributed by atoms with Gasteiger partial charge >= 0.3 is 0 Å². The lowest BCUT2D eigenvalue weighted by atomic mass is 10.1. The predicted octanol–water partition coefficient (Wildman–Crippen LogP) is 2.18. The van der Waals surface area contributed by atoms with Gasteiger partial charge in [-0.05, 0) is 42.3 Å². The van der Waals surface area contributed by atoms with E-state index in [4.69, 9.17) is 10.5 Å². The Morgan fingerprint density at radius 1 is 1.25 bits per heavy atom. The zero-order valence-corrected chi connectivity index (χ0v) is 14.8. The number of carbonyl (C=O) groups is 1. The van der Waals surface area contributed by atoms with Crippen LogP contribution in [0.3, 0.4) is 0 Å². The molecule has 0 radical (unpaired) electrons. The fraction of sp³-hybridized carbons (Fsp3) is 0.412. The van der Waals surface area contributed by atoms with Crippen molar-refractivity contribution in [3.05, 3.63) is 29.1 Å². The van der Waals surface area contributed by atoms with Crippen molar-refractivity contribution in [2.75, 3.05) is 45.6 Å². The molecule has 0 saturated carbocycles. The Labute approximate surface area is 146 Å². The molecule has 0 unspecified atom stereocenters. The minimum absolute atomic E-state index is 0.0134. The molecule has 0 bridgehead atoms. The maximum atomic E-state index is 12.7. The predicted molar refractivity (Wildman–Crippen MR) is 96.5 cm³/mol. The maximum Gasteiger partial charge on any atom is 0.267 e. The van der Waals surface area contributed by atoms with E-state index in [1.807, 2.05) is 29.2 Å². The Morgan fingerprint density at radius 2 is 1.92 bits per heavy atom. The van der Waals surface area contributed by atoms with Crippen molar-refractivity contribution in [1.82, 2.24) is 14.2 Å². The maximum absolute atomic E-state index is 12.7. The Hall–Kier alpha value is -2.12. The largest absolute Gasteiger partial charge is 0.497 e. The van der Waals surface area contributed by atoms with Crippen molar-refractivity contribution < 1.29 is 9.53 Å². The molecule has 0 atom stereocenters. The summed E-state index contributed by atoms with van der Waals surface area (Å²) in [7, 11) is 1.63. The molecule has 1 amide bonds. The van der Waals surface area contributed by atoms with Gasteiger partial charge in [-0.15, -0.1) is 0 Å². The van der Waals surface area contributed by atoms with E-state index in [0.717, 1.165) is 44.0 Å². The number of piperazine rings is 1. The summed E-state index contributed by atoms with van der Waals surface area (Å²) in [6, 6.07) is 7.52. The SMILES string of the molecule is CCN1CCN(C(=O)c2snc(-c3ccc(OC)cc3)c2N)CC1. The molecule has 6 nitrogen and oxygen atoms in total. The van der Waals surface area contributed by atoms with E-state index in [1.54, 1.807) is 7.11 Å². The van der Waals surface area contributed by atoms with Crippen molar-refractivity contribution in [1.29, 1.82) is 0 Å². The lowest BCUT2D eigenvalue weighted by Crippen LogP contribution is -2.48. The molecular weight excluding hydrogens is 324 g/mol. The van der Waals surface area contributed by atoms with Gasteiger partial charge in [0.1, 0.15) is 16.3 Å². The summed E-state index contributed by atoms with van der Waals surface area (Å²) < 4.78 is 9.57. The second-order valence-corrected chi connectivity index (χ2v) is 6.50. The van der Waals surface area contributed by atoms with Crippen LogP contribution in [0, 0.1) is 0 Å². The van der Waals surface area contributed by atoms with Gasteiger partial charge in [-0.3, -0.25) is 4.79 Å². The number of ether oxygens (including phenoxy) is 1. The molecule has 2 heterocycles. The molecular formula is C17H22N4O2S. The summed E-state index contributed by atoms with van der Waals surface area (Å²) in [5, 5.41) is 0. The molecule has 3 rings (SSSR count). The summed E-state index contributed by atoms with van der Waals surface area (Å²) in [5.74, 6) is 0.762. The summed E-state index contributed by atoms with van der Waals surface area (Å²) >= 11 is 1.18. The van der Waals surface area contributed by atoms with Gasteiger partial charge in [0.15, 0.2) is 0 Å². The number of amides is 1. The fourth-order valence-electron chi connectivity index (χ4n) is 2.82. The number of nitrogen functional groups attached to an aromatic ring is 1. The summed E-state index contributed by atoms with van der Waals surface area (Å²) in [6.07, 6.45) is 0. The highest BCUT2D eigenvalue weighted by molar-refractivity contribution is 7.09. The van der Waals surface area contributed by atoms with Crippen LogP contribution in [0.1, 0.15) is 16.6 Å². The monoisotopic (exact) mass is 346 g/mol. The zero-order chi connectivity index (χ0) is 17.1. The van der Waals surface area contributed by atoms with Gasteiger partial charge in [-0.1, -0.05) is 6.92 Å². The minimum Gasteiger partial charge on any atom is -0.497 e. The smallest absolute Gasteiger partial charge is 0.267 e. The minimum atomic E-state index is -0.0134. The third-order valence-corrected chi connectivity index (χ3v) is 5.24. The average molecular weight is 346 g/mol. The highest BCUT2D eigenvalue weighted by atomic mass is 32.1. The average Bonchev–Trinajstić information content (AvgIpc) is 3.02. The van der Waals surface area contributed by atoms with Crippen molar-refractivity contribution in [2.24, 2.45) is 0 Å². The van der Waals surface area contributed by atoms with Gasteiger partial charge in [-0.2, -0.15) is 4.37 Å². The Kier molecular flexibility index (Phi) is 5.01. The van der Waals surface area contributed by atoms with E-state index in [9.17, 15) is 4.79 Å². The standard InChI is InChI=1S/C17H22N4O2S/c1-3-20-8-10-21(11-9-20)17(22)16-14(18)15(19-24-16)12-4-6-13(23-2)7-5-12/h4-7H,3,8-11,18H2,1-2H3. The van der Waals surface area contributed by atoms with Crippen LogP contribution in [0.5, 0.6) is 5.75 Å². The Bertz CT molecular complexity index is 706. The first kappa shape index (κ1) is 16.7. The van der Waals surface area contributed by atoms with Crippen LogP contribution in [0.15, 0.2) is 24.3 Å². The van der Waals surface area contributed by atoms with Gasteiger partial charge in [0.05, 0.1) is 12.8 Å². The molecule has 1 aliphatic rings.